The molecule has 28 heavy (non-hydrogen) atoms. The molecule has 1 atom stereocenters. The van der Waals surface area contributed by atoms with Crippen LogP contribution in [0.2, 0.25) is 0 Å². The van der Waals surface area contributed by atoms with Crippen LogP contribution < -0.4 is 10.2 Å². The molecule has 0 saturated carbocycles. The largest absolute Gasteiger partial charge is 0.497 e. The van der Waals surface area contributed by atoms with Crippen molar-refractivity contribution in [2.45, 2.75) is 23.9 Å². The summed E-state index contributed by atoms with van der Waals surface area (Å²) in [5.41, 5.74) is 1.41. The molecule has 2 N–H and O–H groups in total. The Morgan fingerprint density at radius 1 is 1.25 bits per heavy atom. The molecular formula is C16H22N4O7S. The summed E-state index contributed by atoms with van der Waals surface area (Å²) in [6.07, 6.45) is -0.625. The lowest BCUT2D eigenvalue weighted by Crippen LogP contribution is -2.60. The van der Waals surface area contributed by atoms with Gasteiger partial charge < -0.3 is 4.74 Å². The van der Waals surface area contributed by atoms with Crippen molar-refractivity contribution in [3.63, 3.8) is 0 Å². The highest BCUT2D eigenvalue weighted by molar-refractivity contribution is 7.89. The third-order valence-electron chi connectivity index (χ3n) is 4.31. The average molecular weight is 414 g/mol. The van der Waals surface area contributed by atoms with Gasteiger partial charge in [-0.25, -0.2) is 18.7 Å². The second-order valence-electron chi connectivity index (χ2n) is 6.04. The molecule has 1 fully saturated rings. The molecule has 1 unspecified atom stereocenters. The molecule has 2 rings (SSSR count). The Kier molecular flexibility index (Phi) is 6.94. The van der Waals surface area contributed by atoms with E-state index in [0.717, 1.165) is 9.21 Å². The van der Waals surface area contributed by atoms with Crippen LogP contribution in [0.25, 0.3) is 0 Å². The van der Waals surface area contributed by atoms with Crippen LogP contribution in [0.4, 0.5) is 4.79 Å². The molecule has 0 radical (unpaired) electrons. The van der Waals surface area contributed by atoms with Crippen molar-refractivity contribution in [1.82, 2.24) is 19.6 Å². The van der Waals surface area contributed by atoms with E-state index in [1.807, 2.05) is 0 Å². The molecule has 1 aromatic rings. The Balaban J connectivity index is 2.51. The van der Waals surface area contributed by atoms with Crippen LogP contribution in [-0.4, -0.2) is 79.5 Å². The molecule has 0 spiro atoms. The van der Waals surface area contributed by atoms with Crippen LogP contribution in [0.5, 0.6) is 5.75 Å². The number of methoxy groups -OCH3 is 1. The lowest BCUT2D eigenvalue weighted by molar-refractivity contribution is -0.138. The standard InChI is InChI=1S/C16H22N4O7S/c1-18(11-21)16(23)19-9-3-4-10-20(15(19)14(22)17-24)28(25,26)13-7-5-12(27-2)6-8-13/h5-8,11,15,24H,3-4,9-10H2,1-2H3,(H,17,22). The zero-order chi connectivity index (χ0) is 20.9. The summed E-state index contributed by atoms with van der Waals surface area (Å²) in [4.78, 5) is 37.4. The minimum Gasteiger partial charge on any atom is -0.497 e. The molecule has 1 aliphatic heterocycles. The first kappa shape index (κ1) is 21.6. The van der Waals surface area contributed by atoms with Gasteiger partial charge in [0.25, 0.3) is 5.91 Å². The Labute approximate surface area is 162 Å². The van der Waals surface area contributed by atoms with Crippen LogP contribution in [0.15, 0.2) is 29.2 Å². The molecule has 12 heteroatoms. The lowest BCUT2D eigenvalue weighted by Gasteiger charge is -2.35. The first-order chi connectivity index (χ1) is 13.3. The zero-order valence-electron chi connectivity index (χ0n) is 15.4. The van der Waals surface area contributed by atoms with E-state index in [4.69, 9.17) is 9.94 Å². The highest BCUT2D eigenvalue weighted by Gasteiger charge is 2.43. The number of nitrogens with one attached hydrogen (secondary N) is 1. The van der Waals surface area contributed by atoms with Gasteiger partial charge in [0, 0.05) is 20.1 Å². The Bertz CT molecular complexity index is 828. The van der Waals surface area contributed by atoms with Crippen LogP contribution in [0, 0.1) is 0 Å². The van der Waals surface area contributed by atoms with E-state index in [1.54, 1.807) is 0 Å². The van der Waals surface area contributed by atoms with Gasteiger partial charge in [0.15, 0.2) is 6.17 Å². The van der Waals surface area contributed by atoms with Crippen LogP contribution in [0.1, 0.15) is 12.8 Å². The number of nitrogens with zero attached hydrogens (tertiary/aromatic N) is 3. The van der Waals surface area contributed by atoms with E-state index in [9.17, 15) is 22.8 Å². The molecule has 1 saturated heterocycles. The van der Waals surface area contributed by atoms with E-state index in [0.29, 0.717) is 23.5 Å². The zero-order valence-corrected chi connectivity index (χ0v) is 16.3. The number of sulfonamides is 1. The number of imide groups is 1. The van der Waals surface area contributed by atoms with E-state index < -0.39 is 28.1 Å². The van der Waals surface area contributed by atoms with Crippen molar-refractivity contribution in [3.8, 4) is 5.75 Å². The summed E-state index contributed by atoms with van der Waals surface area (Å²) in [7, 11) is -1.58. The monoisotopic (exact) mass is 414 g/mol. The summed E-state index contributed by atoms with van der Waals surface area (Å²) >= 11 is 0. The van der Waals surface area contributed by atoms with Crippen LogP contribution in [-0.2, 0) is 19.6 Å². The smallest absolute Gasteiger partial charge is 0.327 e. The maximum absolute atomic E-state index is 13.2. The van der Waals surface area contributed by atoms with E-state index in [1.165, 1.54) is 43.9 Å². The molecule has 1 aromatic carbocycles. The normalized spacial score (nSPS) is 18.1. The minimum atomic E-state index is -4.21. The van der Waals surface area contributed by atoms with Gasteiger partial charge in [0.2, 0.25) is 16.4 Å². The van der Waals surface area contributed by atoms with Gasteiger partial charge in [-0.05, 0) is 37.1 Å². The van der Waals surface area contributed by atoms with E-state index >= 15 is 0 Å². The first-order valence-corrected chi connectivity index (χ1v) is 9.80. The van der Waals surface area contributed by atoms with Gasteiger partial charge in [-0.2, -0.15) is 4.31 Å². The summed E-state index contributed by atoms with van der Waals surface area (Å²) < 4.78 is 32.2. The van der Waals surface area contributed by atoms with Crippen molar-refractivity contribution >= 4 is 28.4 Å². The highest BCUT2D eigenvalue weighted by atomic mass is 32.2. The fraction of sp³-hybridized carbons (Fsp3) is 0.438. The predicted octanol–water partition coefficient (Wildman–Crippen LogP) is -0.179. The molecule has 154 valence electrons. The molecule has 4 amide bonds. The van der Waals surface area contributed by atoms with Crippen molar-refractivity contribution in [2.24, 2.45) is 0 Å². The number of carbonyl (C=O) groups is 3. The summed E-state index contributed by atoms with van der Waals surface area (Å²) in [5.74, 6) is -0.657. The number of amides is 4. The fourth-order valence-electron chi connectivity index (χ4n) is 2.86. The Morgan fingerprint density at radius 3 is 2.39 bits per heavy atom. The summed E-state index contributed by atoms with van der Waals surface area (Å²) in [6.45, 7) is -0.0231. The number of benzene rings is 1. The number of hydroxylamine groups is 1. The summed E-state index contributed by atoms with van der Waals surface area (Å²) in [5, 5.41) is 9.14. The van der Waals surface area contributed by atoms with Crippen molar-refractivity contribution < 1.29 is 32.7 Å². The maximum Gasteiger partial charge on any atom is 0.327 e. The average Bonchev–Trinajstić information content (AvgIpc) is 2.95. The third-order valence-corrected chi connectivity index (χ3v) is 6.18. The fourth-order valence-corrected chi connectivity index (χ4v) is 4.46. The number of rotatable bonds is 5. The van der Waals surface area contributed by atoms with Gasteiger partial charge in [0.05, 0.1) is 12.0 Å². The van der Waals surface area contributed by atoms with Crippen molar-refractivity contribution in [3.05, 3.63) is 24.3 Å². The molecular weight excluding hydrogens is 392 g/mol. The summed E-state index contributed by atoms with van der Waals surface area (Å²) in [6, 6.07) is 4.68. The molecule has 11 nitrogen and oxygen atoms in total. The number of carbonyl (C=O) groups excluding carboxylic acids is 3. The van der Waals surface area contributed by atoms with Gasteiger partial charge in [0.1, 0.15) is 5.75 Å². The molecule has 1 aliphatic rings. The van der Waals surface area contributed by atoms with Gasteiger partial charge >= 0.3 is 6.03 Å². The minimum absolute atomic E-state index is 0.0315. The second-order valence-corrected chi connectivity index (χ2v) is 7.93. The maximum atomic E-state index is 13.2. The Hall–Kier alpha value is -2.70. The van der Waals surface area contributed by atoms with Gasteiger partial charge in [-0.1, -0.05) is 0 Å². The third kappa shape index (κ3) is 4.24. The van der Waals surface area contributed by atoms with Crippen LogP contribution >= 0.6 is 0 Å². The Morgan fingerprint density at radius 2 is 1.86 bits per heavy atom. The van der Waals surface area contributed by atoms with Crippen LogP contribution in [0.3, 0.4) is 0 Å². The SMILES string of the molecule is COc1ccc(S(=O)(=O)N2CCCCN(C(=O)N(C)C=O)C2C(=O)NO)cc1. The van der Waals surface area contributed by atoms with E-state index in [-0.39, 0.29) is 24.4 Å². The number of ether oxygens (including phenoxy) is 1. The molecule has 1 heterocycles. The quantitative estimate of drug-likeness (QED) is 0.387. The number of urea groups is 1. The number of hydrogen-bond acceptors (Lipinski definition) is 7. The van der Waals surface area contributed by atoms with Crippen molar-refractivity contribution in [2.75, 3.05) is 27.2 Å². The number of hydrogen-bond donors (Lipinski definition) is 2. The van der Waals surface area contributed by atoms with E-state index in [2.05, 4.69) is 0 Å². The first-order valence-electron chi connectivity index (χ1n) is 8.36. The topological polar surface area (TPSA) is 137 Å². The lowest BCUT2D eigenvalue weighted by atomic mass is 10.3. The van der Waals surface area contributed by atoms with Gasteiger partial charge in [-0.3, -0.25) is 24.6 Å². The van der Waals surface area contributed by atoms with Gasteiger partial charge in [-0.15, -0.1) is 0 Å². The molecule has 0 bridgehead atoms. The molecule has 0 aromatic heterocycles. The van der Waals surface area contributed by atoms with Crippen molar-refractivity contribution in [1.29, 1.82) is 0 Å². The second kappa shape index (κ2) is 8.99. The molecule has 0 aliphatic carbocycles. The predicted molar refractivity (Wildman–Crippen MR) is 95.8 cm³/mol. The highest BCUT2D eigenvalue weighted by Crippen LogP contribution is 2.26.